The standard InChI is InChI=1S/C13H25NO2/c1-4-13(3,12(15)16)10-14(5-2)9-11-7-6-8-11/h11H,4-10H2,1-3H3,(H,15,16). The Morgan fingerprint density at radius 2 is 2.06 bits per heavy atom. The maximum Gasteiger partial charge on any atom is 0.310 e. The van der Waals surface area contributed by atoms with Crippen molar-refractivity contribution in [1.82, 2.24) is 4.90 Å². The van der Waals surface area contributed by atoms with Crippen molar-refractivity contribution < 1.29 is 9.90 Å². The number of nitrogens with zero attached hydrogens (tertiary/aromatic N) is 1. The number of rotatable bonds is 7. The highest BCUT2D eigenvalue weighted by molar-refractivity contribution is 5.74. The maximum absolute atomic E-state index is 11.2. The highest BCUT2D eigenvalue weighted by Gasteiger charge is 2.33. The Morgan fingerprint density at radius 1 is 1.44 bits per heavy atom. The summed E-state index contributed by atoms with van der Waals surface area (Å²) < 4.78 is 0. The van der Waals surface area contributed by atoms with Gasteiger partial charge in [0.25, 0.3) is 0 Å². The van der Waals surface area contributed by atoms with E-state index in [0.717, 1.165) is 19.0 Å². The minimum absolute atomic E-state index is 0.584. The van der Waals surface area contributed by atoms with E-state index in [0.29, 0.717) is 13.0 Å². The van der Waals surface area contributed by atoms with Crippen LogP contribution in [0.25, 0.3) is 0 Å². The molecule has 1 saturated carbocycles. The normalized spacial score (nSPS) is 20.5. The summed E-state index contributed by atoms with van der Waals surface area (Å²) in [6.45, 7) is 8.67. The van der Waals surface area contributed by atoms with E-state index in [9.17, 15) is 9.90 Å². The molecule has 1 aliphatic carbocycles. The van der Waals surface area contributed by atoms with Crippen LogP contribution in [-0.2, 0) is 4.79 Å². The molecule has 0 spiro atoms. The molecule has 0 radical (unpaired) electrons. The molecule has 0 heterocycles. The number of carboxylic acids is 1. The summed E-state index contributed by atoms with van der Waals surface area (Å²) in [5, 5.41) is 9.26. The molecular formula is C13H25NO2. The van der Waals surface area contributed by atoms with E-state index in [4.69, 9.17) is 0 Å². The Morgan fingerprint density at radius 3 is 2.38 bits per heavy atom. The van der Waals surface area contributed by atoms with Crippen LogP contribution in [0.4, 0.5) is 0 Å². The molecule has 0 bridgehead atoms. The summed E-state index contributed by atoms with van der Waals surface area (Å²) in [6, 6.07) is 0. The van der Waals surface area contributed by atoms with E-state index in [1.807, 2.05) is 13.8 Å². The molecule has 0 amide bonds. The highest BCUT2D eigenvalue weighted by atomic mass is 16.4. The van der Waals surface area contributed by atoms with Gasteiger partial charge in [-0.2, -0.15) is 0 Å². The van der Waals surface area contributed by atoms with Gasteiger partial charge in [-0.25, -0.2) is 0 Å². The van der Waals surface area contributed by atoms with Crippen LogP contribution >= 0.6 is 0 Å². The molecule has 3 heteroatoms. The van der Waals surface area contributed by atoms with Gasteiger partial charge in [-0.15, -0.1) is 0 Å². The lowest BCUT2D eigenvalue weighted by Crippen LogP contribution is -2.43. The second-order valence-electron chi connectivity index (χ2n) is 5.34. The summed E-state index contributed by atoms with van der Waals surface area (Å²) in [7, 11) is 0. The summed E-state index contributed by atoms with van der Waals surface area (Å²) in [4.78, 5) is 13.6. The molecule has 16 heavy (non-hydrogen) atoms. The Hall–Kier alpha value is -0.570. The molecule has 94 valence electrons. The third-order valence-corrected chi connectivity index (χ3v) is 4.06. The van der Waals surface area contributed by atoms with Crippen LogP contribution in [0.2, 0.25) is 0 Å². The quantitative estimate of drug-likeness (QED) is 0.727. The predicted octanol–water partition coefficient (Wildman–Crippen LogP) is 2.61. The fourth-order valence-electron chi connectivity index (χ4n) is 2.17. The van der Waals surface area contributed by atoms with E-state index < -0.39 is 11.4 Å². The van der Waals surface area contributed by atoms with Crippen molar-refractivity contribution >= 4 is 5.97 Å². The van der Waals surface area contributed by atoms with Gasteiger partial charge in [0.15, 0.2) is 0 Å². The number of carboxylic acid groups (broad SMARTS) is 1. The molecular weight excluding hydrogens is 202 g/mol. The van der Waals surface area contributed by atoms with Crippen molar-refractivity contribution in [3.05, 3.63) is 0 Å². The second-order valence-corrected chi connectivity index (χ2v) is 5.34. The zero-order valence-corrected chi connectivity index (χ0v) is 10.8. The molecule has 1 aliphatic rings. The zero-order valence-electron chi connectivity index (χ0n) is 10.8. The van der Waals surface area contributed by atoms with Gasteiger partial charge >= 0.3 is 5.97 Å². The summed E-state index contributed by atoms with van der Waals surface area (Å²) in [5.74, 6) is 0.150. The van der Waals surface area contributed by atoms with Gasteiger partial charge in [0.2, 0.25) is 0 Å². The van der Waals surface area contributed by atoms with E-state index in [-0.39, 0.29) is 0 Å². The molecule has 0 aromatic rings. The number of carbonyl (C=O) groups is 1. The lowest BCUT2D eigenvalue weighted by molar-refractivity contribution is -0.149. The molecule has 3 nitrogen and oxygen atoms in total. The van der Waals surface area contributed by atoms with Crippen LogP contribution in [0.5, 0.6) is 0 Å². The van der Waals surface area contributed by atoms with Gasteiger partial charge in [0.05, 0.1) is 5.41 Å². The van der Waals surface area contributed by atoms with E-state index in [2.05, 4.69) is 11.8 Å². The lowest BCUT2D eigenvalue weighted by Gasteiger charge is -2.36. The molecule has 0 saturated heterocycles. The summed E-state index contributed by atoms with van der Waals surface area (Å²) in [6.07, 6.45) is 4.70. The molecule has 1 unspecified atom stereocenters. The van der Waals surface area contributed by atoms with E-state index in [1.54, 1.807) is 0 Å². The largest absolute Gasteiger partial charge is 0.481 e. The topological polar surface area (TPSA) is 40.5 Å². The molecule has 0 aromatic carbocycles. The molecule has 1 rings (SSSR count). The second kappa shape index (κ2) is 5.67. The molecule has 1 atom stereocenters. The third kappa shape index (κ3) is 3.21. The SMILES string of the molecule is CCN(CC1CCC1)CC(C)(CC)C(=O)O. The minimum Gasteiger partial charge on any atom is -0.481 e. The average molecular weight is 227 g/mol. The van der Waals surface area contributed by atoms with Gasteiger partial charge in [-0.3, -0.25) is 4.79 Å². The Labute approximate surface area is 98.8 Å². The summed E-state index contributed by atoms with van der Waals surface area (Å²) >= 11 is 0. The van der Waals surface area contributed by atoms with Gasteiger partial charge in [-0.05, 0) is 38.6 Å². The monoisotopic (exact) mass is 227 g/mol. The smallest absolute Gasteiger partial charge is 0.310 e. The Kier molecular flexibility index (Phi) is 4.78. The Balaban J connectivity index is 2.49. The van der Waals surface area contributed by atoms with Crippen LogP contribution in [0, 0.1) is 11.3 Å². The fourth-order valence-corrected chi connectivity index (χ4v) is 2.17. The first-order valence-corrected chi connectivity index (χ1v) is 6.47. The molecule has 0 aromatic heterocycles. The minimum atomic E-state index is -0.665. The first kappa shape index (κ1) is 13.5. The lowest BCUT2D eigenvalue weighted by atomic mass is 9.83. The van der Waals surface area contributed by atoms with Gasteiger partial charge < -0.3 is 10.0 Å². The third-order valence-electron chi connectivity index (χ3n) is 4.06. The van der Waals surface area contributed by atoms with Crippen molar-refractivity contribution in [1.29, 1.82) is 0 Å². The predicted molar refractivity (Wildman–Crippen MR) is 65.5 cm³/mol. The van der Waals surface area contributed by atoms with Crippen LogP contribution in [0.15, 0.2) is 0 Å². The molecule has 0 aliphatic heterocycles. The van der Waals surface area contributed by atoms with Crippen molar-refractivity contribution in [2.75, 3.05) is 19.6 Å². The first-order chi connectivity index (χ1) is 7.51. The first-order valence-electron chi connectivity index (χ1n) is 6.47. The zero-order chi connectivity index (χ0) is 12.2. The van der Waals surface area contributed by atoms with E-state index >= 15 is 0 Å². The maximum atomic E-state index is 11.2. The van der Waals surface area contributed by atoms with Crippen molar-refractivity contribution in [2.45, 2.75) is 46.5 Å². The van der Waals surface area contributed by atoms with Gasteiger partial charge in [0, 0.05) is 13.1 Å². The van der Waals surface area contributed by atoms with Crippen LogP contribution in [0.1, 0.15) is 46.5 Å². The summed E-state index contributed by atoms with van der Waals surface area (Å²) in [5.41, 5.74) is -0.584. The number of hydrogen-bond donors (Lipinski definition) is 1. The van der Waals surface area contributed by atoms with E-state index in [1.165, 1.54) is 19.3 Å². The van der Waals surface area contributed by atoms with Crippen molar-refractivity contribution in [2.24, 2.45) is 11.3 Å². The van der Waals surface area contributed by atoms with Gasteiger partial charge in [0.1, 0.15) is 0 Å². The highest BCUT2D eigenvalue weighted by Crippen LogP contribution is 2.29. The van der Waals surface area contributed by atoms with Crippen LogP contribution < -0.4 is 0 Å². The van der Waals surface area contributed by atoms with Crippen molar-refractivity contribution in [3.8, 4) is 0 Å². The number of hydrogen-bond acceptors (Lipinski definition) is 2. The molecule has 1 fully saturated rings. The average Bonchev–Trinajstić information content (AvgIpc) is 2.20. The Bertz CT molecular complexity index is 238. The number of aliphatic carboxylic acids is 1. The van der Waals surface area contributed by atoms with Gasteiger partial charge in [-0.1, -0.05) is 20.3 Å². The van der Waals surface area contributed by atoms with Crippen LogP contribution in [-0.4, -0.2) is 35.6 Å². The van der Waals surface area contributed by atoms with Crippen LogP contribution in [0.3, 0.4) is 0 Å². The van der Waals surface area contributed by atoms with Crippen molar-refractivity contribution in [3.63, 3.8) is 0 Å². The molecule has 1 N–H and O–H groups in total. The fraction of sp³-hybridized carbons (Fsp3) is 0.923.